The first kappa shape index (κ1) is 12.6. The zero-order valence-corrected chi connectivity index (χ0v) is 9.71. The predicted octanol–water partition coefficient (Wildman–Crippen LogP) is 2.44. The molecule has 16 heavy (non-hydrogen) atoms. The Labute approximate surface area is 99.9 Å². The molecular weight excluding hydrogens is 226 g/mol. The fourth-order valence-corrected chi connectivity index (χ4v) is 1.72. The lowest BCUT2D eigenvalue weighted by Crippen LogP contribution is -1.95. The van der Waals surface area contributed by atoms with Gasteiger partial charge in [-0.3, -0.25) is 0 Å². The first-order chi connectivity index (χ1) is 7.13. The van der Waals surface area contributed by atoms with E-state index in [0.717, 1.165) is 16.3 Å². The highest BCUT2D eigenvalue weighted by Gasteiger charge is 2.08. The van der Waals surface area contributed by atoms with Crippen LogP contribution in [0.15, 0.2) is 24.3 Å². The number of aryl methyl sites for hydroxylation is 1. The lowest BCUT2D eigenvalue weighted by atomic mass is 10.0. The molecule has 86 valence electrons. The van der Waals surface area contributed by atoms with Gasteiger partial charge in [0.15, 0.2) is 11.5 Å². The molecule has 4 N–H and O–H groups in total. The second kappa shape index (κ2) is 4.60. The minimum atomic E-state index is -0.0829. The lowest BCUT2D eigenvalue weighted by Gasteiger charge is -2.08. The fraction of sp³-hybridized carbons (Fsp3) is 0.167. The van der Waals surface area contributed by atoms with Gasteiger partial charge in [0.25, 0.3) is 0 Å². The highest BCUT2D eigenvalue weighted by molar-refractivity contribution is 5.90. The van der Waals surface area contributed by atoms with E-state index in [4.69, 9.17) is 5.73 Å². The van der Waals surface area contributed by atoms with Crippen LogP contribution in [0.25, 0.3) is 10.8 Å². The number of benzene rings is 2. The molecule has 0 aliphatic rings. The van der Waals surface area contributed by atoms with Gasteiger partial charge in [-0.25, -0.2) is 0 Å². The quantitative estimate of drug-likeness (QED) is 0.670. The van der Waals surface area contributed by atoms with Crippen molar-refractivity contribution in [2.45, 2.75) is 13.5 Å². The molecule has 2 rings (SSSR count). The van der Waals surface area contributed by atoms with Crippen molar-refractivity contribution in [1.29, 1.82) is 0 Å². The van der Waals surface area contributed by atoms with E-state index in [2.05, 4.69) is 0 Å². The number of phenolic OH excluding ortho intramolecular Hbond substituents is 2. The van der Waals surface area contributed by atoms with Crippen molar-refractivity contribution in [3.05, 3.63) is 35.4 Å². The molecular formula is C12H14ClNO2. The van der Waals surface area contributed by atoms with E-state index < -0.39 is 0 Å². The molecule has 2 aromatic rings. The Morgan fingerprint density at radius 3 is 2.50 bits per heavy atom. The number of nitrogens with two attached hydrogens (primary N) is 1. The summed E-state index contributed by atoms with van der Waals surface area (Å²) in [5.41, 5.74) is 7.24. The van der Waals surface area contributed by atoms with Crippen molar-refractivity contribution in [2.24, 2.45) is 5.73 Å². The van der Waals surface area contributed by atoms with Gasteiger partial charge in [0.2, 0.25) is 0 Å². The molecule has 0 atom stereocenters. The SMILES string of the molecule is Cc1c(O)c(O)cc2ccc(CN)cc12.Cl. The third-order valence-corrected chi connectivity index (χ3v) is 2.65. The van der Waals surface area contributed by atoms with Gasteiger partial charge in [0.1, 0.15) is 0 Å². The lowest BCUT2D eigenvalue weighted by molar-refractivity contribution is 0.402. The van der Waals surface area contributed by atoms with Crippen LogP contribution in [0.1, 0.15) is 11.1 Å². The largest absolute Gasteiger partial charge is 0.504 e. The monoisotopic (exact) mass is 239 g/mol. The maximum absolute atomic E-state index is 9.59. The van der Waals surface area contributed by atoms with Gasteiger partial charge in [-0.05, 0) is 35.4 Å². The molecule has 0 saturated heterocycles. The highest BCUT2D eigenvalue weighted by atomic mass is 35.5. The second-order valence-electron chi connectivity index (χ2n) is 3.63. The predicted molar refractivity (Wildman–Crippen MR) is 67.2 cm³/mol. The number of aromatic hydroxyl groups is 2. The summed E-state index contributed by atoms with van der Waals surface area (Å²) in [6, 6.07) is 7.30. The molecule has 0 bridgehead atoms. The Kier molecular flexibility index (Phi) is 3.62. The van der Waals surface area contributed by atoms with Crippen LogP contribution in [-0.2, 0) is 6.54 Å². The van der Waals surface area contributed by atoms with E-state index in [0.29, 0.717) is 12.1 Å². The average molecular weight is 240 g/mol. The molecule has 0 heterocycles. The molecule has 0 spiro atoms. The summed E-state index contributed by atoms with van der Waals surface area (Å²) in [5.74, 6) is -0.142. The minimum absolute atomic E-state index is 0. The molecule has 0 amide bonds. The summed E-state index contributed by atoms with van der Waals surface area (Å²) in [5, 5.41) is 20.9. The van der Waals surface area contributed by atoms with Crippen molar-refractivity contribution in [2.75, 3.05) is 0 Å². The average Bonchev–Trinajstić information content (AvgIpc) is 2.26. The Bertz CT molecular complexity index is 526. The van der Waals surface area contributed by atoms with Gasteiger partial charge >= 0.3 is 0 Å². The van der Waals surface area contributed by atoms with Crippen LogP contribution in [0, 0.1) is 6.92 Å². The molecule has 0 aliphatic carbocycles. The summed E-state index contributed by atoms with van der Waals surface area (Å²) in [7, 11) is 0. The van der Waals surface area contributed by atoms with Crippen LogP contribution < -0.4 is 5.73 Å². The number of phenols is 2. The van der Waals surface area contributed by atoms with E-state index in [1.54, 1.807) is 13.0 Å². The van der Waals surface area contributed by atoms with Crippen molar-refractivity contribution >= 4 is 23.2 Å². The van der Waals surface area contributed by atoms with Crippen LogP contribution >= 0.6 is 12.4 Å². The summed E-state index contributed by atoms with van der Waals surface area (Å²) < 4.78 is 0. The van der Waals surface area contributed by atoms with E-state index in [9.17, 15) is 10.2 Å². The summed E-state index contributed by atoms with van der Waals surface area (Å²) in [6.07, 6.45) is 0. The fourth-order valence-electron chi connectivity index (χ4n) is 1.72. The number of hydrogen-bond acceptors (Lipinski definition) is 3. The molecule has 0 fully saturated rings. The molecule has 4 heteroatoms. The minimum Gasteiger partial charge on any atom is -0.504 e. The van der Waals surface area contributed by atoms with Gasteiger partial charge in [-0.15, -0.1) is 12.4 Å². The van der Waals surface area contributed by atoms with E-state index in [-0.39, 0.29) is 23.9 Å². The topological polar surface area (TPSA) is 66.5 Å². The third kappa shape index (κ3) is 1.92. The van der Waals surface area contributed by atoms with Gasteiger partial charge in [-0.1, -0.05) is 12.1 Å². The molecule has 2 aromatic carbocycles. The Morgan fingerprint density at radius 2 is 1.88 bits per heavy atom. The molecule has 0 radical (unpaired) electrons. The van der Waals surface area contributed by atoms with Crippen LogP contribution in [0.3, 0.4) is 0 Å². The van der Waals surface area contributed by atoms with Crippen molar-refractivity contribution in [3.63, 3.8) is 0 Å². The first-order valence-corrected chi connectivity index (χ1v) is 4.77. The smallest absolute Gasteiger partial charge is 0.161 e. The highest BCUT2D eigenvalue weighted by Crippen LogP contribution is 2.35. The van der Waals surface area contributed by atoms with Crippen molar-refractivity contribution in [3.8, 4) is 11.5 Å². The first-order valence-electron chi connectivity index (χ1n) is 4.77. The zero-order valence-electron chi connectivity index (χ0n) is 8.90. The summed E-state index contributed by atoms with van der Waals surface area (Å²) in [6.45, 7) is 2.24. The Hall–Kier alpha value is -1.45. The Balaban J connectivity index is 0.00000128. The van der Waals surface area contributed by atoms with Crippen LogP contribution in [0.5, 0.6) is 11.5 Å². The van der Waals surface area contributed by atoms with Gasteiger partial charge in [0, 0.05) is 12.1 Å². The Morgan fingerprint density at radius 1 is 1.19 bits per heavy atom. The van der Waals surface area contributed by atoms with Gasteiger partial charge in [0.05, 0.1) is 0 Å². The maximum atomic E-state index is 9.59. The molecule has 3 nitrogen and oxygen atoms in total. The van der Waals surface area contributed by atoms with Crippen molar-refractivity contribution in [1.82, 2.24) is 0 Å². The van der Waals surface area contributed by atoms with Gasteiger partial charge in [-0.2, -0.15) is 0 Å². The standard InChI is InChI=1S/C12H13NO2.ClH/c1-7-10-4-8(6-13)2-3-9(10)5-11(14)12(7)15;/h2-5,14-15H,6,13H2,1H3;1H. The number of hydrogen-bond donors (Lipinski definition) is 3. The number of rotatable bonds is 1. The van der Waals surface area contributed by atoms with Crippen LogP contribution in [0.4, 0.5) is 0 Å². The normalized spacial score (nSPS) is 10.1. The second-order valence-corrected chi connectivity index (χ2v) is 3.63. The van der Waals surface area contributed by atoms with E-state index >= 15 is 0 Å². The number of fused-ring (bicyclic) bond motifs is 1. The van der Waals surface area contributed by atoms with E-state index in [1.165, 1.54) is 0 Å². The number of halogens is 1. The third-order valence-electron chi connectivity index (χ3n) is 2.65. The van der Waals surface area contributed by atoms with Crippen molar-refractivity contribution < 1.29 is 10.2 Å². The zero-order chi connectivity index (χ0) is 11.0. The van der Waals surface area contributed by atoms with E-state index in [1.807, 2.05) is 18.2 Å². The van der Waals surface area contributed by atoms with Crippen LogP contribution in [0.2, 0.25) is 0 Å². The molecule has 0 aliphatic heterocycles. The summed E-state index contributed by atoms with van der Waals surface area (Å²) >= 11 is 0. The summed E-state index contributed by atoms with van der Waals surface area (Å²) in [4.78, 5) is 0. The molecule has 0 unspecified atom stereocenters. The van der Waals surface area contributed by atoms with Gasteiger partial charge < -0.3 is 15.9 Å². The molecule has 0 saturated carbocycles. The maximum Gasteiger partial charge on any atom is 0.161 e. The molecule has 0 aromatic heterocycles. The van der Waals surface area contributed by atoms with Crippen LogP contribution in [-0.4, -0.2) is 10.2 Å².